The number of thiazole rings is 1. The third-order valence-corrected chi connectivity index (χ3v) is 6.64. The fraction of sp³-hybridized carbons (Fsp3) is 0.571. The van der Waals surface area contributed by atoms with Crippen LogP contribution in [0.25, 0.3) is 0 Å². The van der Waals surface area contributed by atoms with Gasteiger partial charge in [0.2, 0.25) is 0 Å². The molecule has 0 spiro atoms. The molecule has 1 heterocycles. The van der Waals surface area contributed by atoms with Crippen molar-refractivity contribution in [3.8, 4) is 0 Å². The number of allylic oxidation sites excluding steroid dienone is 2. The van der Waals surface area contributed by atoms with Gasteiger partial charge in [0.1, 0.15) is 14.8 Å². The SMILES string of the molecule is C/C(NC(=O)N=S(N)(=O)c1cnc(C(C)(O)CO)s1)=C(\C)C(C)C. The van der Waals surface area contributed by atoms with E-state index in [1.165, 1.54) is 13.1 Å². The highest BCUT2D eigenvalue weighted by Crippen LogP contribution is 2.27. The van der Waals surface area contributed by atoms with Crippen LogP contribution in [0.1, 0.15) is 39.6 Å². The lowest BCUT2D eigenvalue weighted by Crippen LogP contribution is -2.25. The van der Waals surface area contributed by atoms with Crippen LogP contribution in [-0.4, -0.2) is 32.0 Å². The van der Waals surface area contributed by atoms with Crippen LogP contribution < -0.4 is 10.5 Å². The maximum Gasteiger partial charge on any atom is 0.354 e. The van der Waals surface area contributed by atoms with Gasteiger partial charge in [0, 0.05) is 5.70 Å². The van der Waals surface area contributed by atoms with Gasteiger partial charge in [0.05, 0.1) is 12.8 Å². The largest absolute Gasteiger partial charge is 0.393 e. The first-order valence-electron chi connectivity index (χ1n) is 7.23. The molecular formula is C14H24N4O4S2. The number of aromatic nitrogens is 1. The molecule has 5 N–H and O–H groups in total. The van der Waals surface area contributed by atoms with Gasteiger partial charge in [-0.1, -0.05) is 19.4 Å². The number of aliphatic hydroxyl groups is 2. The van der Waals surface area contributed by atoms with Crippen LogP contribution >= 0.6 is 11.3 Å². The van der Waals surface area contributed by atoms with E-state index in [4.69, 9.17) is 10.2 Å². The topological polar surface area (TPSA) is 138 Å². The molecular weight excluding hydrogens is 352 g/mol. The fourth-order valence-electron chi connectivity index (χ4n) is 1.59. The van der Waals surface area contributed by atoms with Crippen molar-refractivity contribution in [1.82, 2.24) is 10.3 Å². The summed E-state index contributed by atoms with van der Waals surface area (Å²) in [5.41, 5.74) is 0.0253. The third-order valence-electron chi connectivity index (χ3n) is 3.51. The van der Waals surface area contributed by atoms with Gasteiger partial charge >= 0.3 is 6.03 Å². The molecule has 2 amide bonds. The Kier molecular flexibility index (Phi) is 6.65. The number of rotatable bonds is 5. The Morgan fingerprint density at radius 2 is 2.12 bits per heavy atom. The van der Waals surface area contributed by atoms with E-state index < -0.39 is 28.2 Å². The second-order valence-electron chi connectivity index (χ2n) is 5.97. The number of hydrogen-bond acceptors (Lipinski definition) is 6. The van der Waals surface area contributed by atoms with Gasteiger partial charge in [0.25, 0.3) is 0 Å². The predicted octanol–water partition coefficient (Wildman–Crippen LogP) is 1.70. The summed E-state index contributed by atoms with van der Waals surface area (Å²) >= 11 is 0.836. The van der Waals surface area contributed by atoms with Crippen molar-refractivity contribution in [1.29, 1.82) is 0 Å². The number of nitrogens with one attached hydrogen (secondary N) is 1. The first kappa shape index (κ1) is 20.7. The smallest absolute Gasteiger partial charge is 0.354 e. The maximum atomic E-state index is 12.5. The molecule has 0 aliphatic heterocycles. The molecule has 0 saturated heterocycles. The van der Waals surface area contributed by atoms with E-state index >= 15 is 0 Å². The molecule has 1 aromatic rings. The molecule has 24 heavy (non-hydrogen) atoms. The summed E-state index contributed by atoms with van der Waals surface area (Å²) in [7, 11) is -3.50. The van der Waals surface area contributed by atoms with Gasteiger partial charge in [-0.2, -0.15) is 0 Å². The van der Waals surface area contributed by atoms with E-state index in [1.807, 2.05) is 20.8 Å². The standard InChI is InChI=1S/C14H24N4O4S2/c1-8(2)9(3)10(4)17-13(20)18-24(15,22)11-6-16-12(23-11)14(5,21)7-19/h6,8,19,21H,7H2,1-5H3,(H3,15,17,18,20,22)/b10-9-. The van der Waals surface area contributed by atoms with Gasteiger partial charge < -0.3 is 15.5 Å². The summed E-state index contributed by atoms with van der Waals surface area (Å²) in [6.07, 6.45) is 1.19. The minimum Gasteiger partial charge on any atom is -0.393 e. The van der Waals surface area contributed by atoms with E-state index in [1.54, 1.807) is 6.92 Å². The molecule has 1 rings (SSSR count). The third kappa shape index (κ3) is 5.08. The molecule has 0 saturated carbocycles. The highest BCUT2D eigenvalue weighted by molar-refractivity contribution is 7.93. The average Bonchev–Trinajstić information content (AvgIpc) is 2.96. The van der Waals surface area contributed by atoms with Crippen molar-refractivity contribution in [2.45, 2.75) is 44.4 Å². The van der Waals surface area contributed by atoms with Crippen LogP contribution in [0.3, 0.4) is 0 Å². The Labute approximate surface area is 146 Å². The second kappa shape index (κ2) is 7.70. The van der Waals surface area contributed by atoms with Gasteiger partial charge in [-0.3, -0.25) is 0 Å². The number of hydrogen-bond donors (Lipinski definition) is 4. The van der Waals surface area contributed by atoms with Crippen molar-refractivity contribution < 1.29 is 19.2 Å². The lowest BCUT2D eigenvalue weighted by molar-refractivity contribution is -0.00244. The molecule has 0 aromatic carbocycles. The number of carbonyl (C=O) groups excluding carboxylic acids is 1. The normalized spacial score (nSPS) is 17.7. The van der Waals surface area contributed by atoms with Crippen LogP contribution in [0.5, 0.6) is 0 Å². The molecule has 8 nitrogen and oxygen atoms in total. The Morgan fingerprint density at radius 3 is 2.62 bits per heavy atom. The Hall–Kier alpha value is -1.33. The first-order valence-corrected chi connectivity index (χ1v) is 9.63. The maximum absolute atomic E-state index is 12.5. The highest BCUT2D eigenvalue weighted by Gasteiger charge is 2.27. The molecule has 0 aliphatic carbocycles. The number of nitrogens with zero attached hydrogens (tertiary/aromatic N) is 2. The zero-order chi connectivity index (χ0) is 18.7. The van der Waals surface area contributed by atoms with Crippen molar-refractivity contribution in [2.24, 2.45) is 15.4 Å². The van der Waals surface area contributed by atoms with E-state index in [9.17, 15) is 14.1 Å². The number of carbonyl (C=O) groups is 1. The Morgan fingerprint density at radius 1 is 1.54 bits per heavy atom. The molecule has 1 aromatic heterocycles. The number of amides is 2. The van der Waals surface area contributed by atoms with Gasteiger partial charge in [-0.15, -0.1) is 15.7 Å². The summed E-state index contributed by atoms with van der Waals surface area (Å²) < 4.78 is 16.0. The minimum atomic E-state index is -3.50. The number of aliphatic hydroxyl groups excluding tert-OH is 1. The molecule has 0 bridgehead atoms. The molecule has 2 unspecified atom stereocenters. The van der Waals surface area contributed by atoms with E-state index in [-0.39, 0.29) is 15.1 Å². The Balaban J connectivity index is 3.08. The van der Waals surface area contributed by atoms with Crippen LogP contribution in [0.4, 0.5) is 4.79 Å². The molecule has 136 valence electrons. The predicted molar refractivity (Wildman–Crippen MR) is 93.5 cm³/mol. The highest BCUT2D eigenvalue weighted by atomic mass is 32.2. The van der Waals surface area contributed by atoms with Crippen LogP contribution in [0.2, 0.25) is 0 Å². The van der Waals surface area contributed by atoms with E-state index in [2.05, 4.69) is 14.7 Å². The zero-order valence-corrected chi connectivity index (χ0v) is 16.0. The van der Waals surface area contributed by atoms with Crippen LogP contribution in [-0.2, 0) is 15.5 Å². The first-order chi connectivity index (χ1) is 10.9. The quantitative estimate of drug-likeness (QED) is 0.619. The van der Waals surface area contributed by atoms with Gasteiger partial charge in [0.15, 0.2) is 9.92 Å². The Bertz CT molecular complexity index is 759. The van der Waals surface area contributed by atoms with Crippen LogP contribution in [0.15, 0.2) is 26.0 Å². The summed E-state index contributed by atoms with van der Waals surface area (Å²) in [4.78, 5) is 15.8. The average molecular weight is 377 g/mol. The molecule has 0 radical (unpaired) electrons. The van der Waals surface area contributed by atoms with Crippen molar-refractivity contribution in [3.05, 3.63) is 22.5 Å². The number of urea groups is 1. The summed E-state index contributed by atoms with van der Waals surface area (Å²) in [6, 6.07) is -0.816. The summed E-state index contributed by atoms with van der Waals surface area (Å²) in [5.74, 6) is 0.247. The molecule has 0 fully saturated rings. The summed E-state index contributed by atoms with van der Waals surface area (Å²) in [6.45, 7) is 8.39. The molecule has 0 aliphatic rings. The van der Waals surface area contributed by atoms with Crippen molar-refractivity contribution in [3.63, 3.8) is 0 Å². The zero-order valence-electron chi connectivity index (χ0n) is 14.4. The number of nitrogens with two attached hydrogens (primary N) is 1. The van der Waals surface area contributed by atoms with Gasteiger partial charge in [-0.25, -0.2) is 19.1 Å². The van der Waals surface area contributed by atoms with E-state index in [0.717, 1.165) is 16.9 Å². The van der Waals surface area contributed by atoms with Crippen molar-refractivity contribution in [2.75, 3.05) is 6.61 Å². The molecule has 2 atom stereocenters. The lowest BCUT2D eigenvalue weighted by Gasteiger charge is -2.16. The van der Waals surface area contributed by atoms with Crippen molar-refractivity contribution >= 4 is 27.3 Å². The van der Waals surface area contributed by atoms with Crippen LogP contribution in [0, 0.1) is 5.92 Å². The van der Waals surface area contributed by atoms with Gasteiger partial charge in [-0.05, 0) is 26.7 Å². The lowest BCUT2D eigenvalue weighted by atomic mass is 10.0. The minimum absolute atomic E-state index is 0.0450. The monoisotopic (exact) mass is 376 g/mol. The molecule has 10 heteroatoms. The fourth-order valence-corrected chi connectivity index (χ4v) is 3.69. The summed E-state index contributed by atoms with van der Waals surface area (Å²) in [5, 5.41) is 27.4. The second-order valence-corrected chi connectivity index (χ2v) is 9.02. The van der Waals surface area contributed by atoms with E-state index in [0.29, 0.717) is 5.70 Å².